The third kappa shape index (κ3) is 4.84. The van der Waals surface area contributed by atoms with E-state index in [2.05, 4.69) is 23.5 Å². The summed E-state index contributed by atoms with van der Waals surface area (Å²) in [6.07, 6.45) is 1.68. The normalized spacial score (nSPS) is 16.0. The number of carbonyl (C=O) groups is 1. The van der Waals surface area contributed by atoms with Gasteiger partial charge in [-0.15, -0.1) is 0 Å². The zero-order valence-electron chi connectivity index (χ0n) is 14.7. The van der Waals surface area contributed by atoms with Crippen LogP contribution in [0.25, 0.3) is 0 Å². The van der Waals surface area contributed by atoms with Gasteiger partial charge in [-0.1, -0.05) is 42.5 Å². The molecule has 1 aliphatic rings. The van der Waals surface area contributed by atoms with Crippen molar-refractivity contribution in [2.24, 2.45) is 0 Å². The smallest absolute Gasteiger partial charge is 0.318 e. The van der Waals surface area contributed by atoms with Crippen LogP contribution in [0.3, 0.4) is 0 Å². The quantitative estimate of drug-likeness (QED) is 0.871. The Morgan fingerprint density at radius 2 is 2.00 bits per heavy atom. The number of amides is 2. The molecule has 0 saturated carbocycles. The average molecular weight is 349 g/mol. The van der Waals surface area contributed by atoms with Gasteiger partial charge in [-0.05, 0) is 36.1 Å². The fourth-order valence-electron chi connectivity index (χ4n) is 3.14. The summed E-state index contributed by atoms with van der Waals surface area (Å²) in [5, 5.41) is 12.0. The van der Waals surface area contributed by atoms with E-state index in [0.29, 0.717) is 31.9 Å². The summed E-state index contributed by atoms with van der Waals surface area (Å²) in [7, 11) is 0. The van der Waals surface area contributed by atoms with Crippen LogP contribution in [0.1, 0.15) is 23.1 Å². The van der Waals surface area contributed by atoms with Crippen LogP contribution < -0.4 is 5.32 Å². The molecule has 0 spiro atoms. The molecule has 0 bridgehead atoms. The predicted octanol–water partition coefficient (Wildman–Crippen LogP) is 3.10. The van der Waals surface area contributed by atoms with Crippen molar-refractivity contribution >= 4 is 6.03 Å². The monoisotopic (exact) mass is 349 g/mol. The van der Waals surface area contributed by atoms with Gasteiger partial charge in [0.2, 0.25) is 0 Å². The van der Waals surface area contributed by atoms with E-state index in [-0.39, 0.29) is 12.1 Å². The molecule has 0 radical (unpaired) electrons. The van der Waals surface area contributed by atoms with Crippen LogP contribution in [0.15, 0.2) is 54.6 Å². The molecule has 0 unspecified atom stereocenters. The minimum absolute atomic E-state index is 0.0845. The van der Waals surface area contributed by atoms with Gasteiger partial charge in [-0.25, -0.2) is 4.79 Å². The first-order valence-electron chi connectivity index (χ1n) is 8.91. The third-order valence-electron chi connectivity index (χ3n) is 4.59. The van der Waals surface area contributed by atoms with Gasteiger partial charge < -0.3 is 15.0 Å². The molecule has 0 aliphatic carbocycles. The Bertz CT molecular complexity index is 764. The van der Waals surface area contributed by atoms with Crippen molar-refractivity contribution in [3.63, 3.8) is 0 Å². The van der Waals surface area contributed by atoms with Crippen LogP contribution in [-0.2, 0) is 17.7 Å². The summed E-state index contributed by atoms with van der Waals surface area (Å²) in [4.78, 5) is 14.7. The minimum Gasteiger partial charge on any atom is -0.379 e. The summed E-state index contributed by atoms with van der Waals surface area (Å²) in [6, 6.07) is 19.6. The molecule has 2 aromatic rings. The number of hydrogen-bond acceptors (Lipinski definition) is 3. The second-order valence-electron chi connectivity index (χ2n) is 6.42. The maximum absolute atomic E-state index is 12.8. The number of hydrogen-bond donors (Lipinski definition) is 1. The molecule has 2 aromatic carbocycles. The number of nitrogens with zero attached hydrogens (tertiary/aromatic N) is 2. The Hall–Kier alpha value is -2.84. The van der Waals surface area contributed by atoms with Crippen LogP contribution in [-0.4, -0.2) is 36.7 Å². The first-order valence-corrected chi connectivity index (χ1v) is 8.91. The topological polar surface area (TPSA) is 65.4 Å². The Kier molecular flexibility index (Phi) is 6.24. The van der Waals surface area contributed by atoms with Gasteiger partial charge in [0.25, 0.3) is 0 Å². The van der Waals surface area contributed by atoms with Crippen LogP contribution in [0.2, 0.25) is 0 Å². The molecule has 1 aliphatic heterocycles. The summed E-state index contributed by atoms with van der Waals surface area (Å²) in [5.41, 5.74) is 2.73. The number of ether oxygens (including phenoxy) is 1. The van der Waals surface area contributed by atoms with Crippen molar-refractivity contribution in [3.8, 4) is 6.07 Å². The van der Waals surface area contributed by atoms with E-state index < -0.39 is 0 Å². The first-order chi connectivity index (χ1) is 12.8. The van der Waals surface area contributed by atoms with Gasteiger partial charge in [-0.2, -0.15) is 5.26 Å². The molecule has 26 heavy (non-hydrogen) atoms. The number of carbonyl (C=O) groups excluding carboxylic acids is 1. The largest absolute Gasteiger partial charge is 0.379 e. The van der Waals surface area contributed by atoms with Crippen molar-refractivity contribution < 1.29 is 9.53 Å². The predicted molar refractivity (Wildman–Crippen MR) is 99.5 cm³/mol. The van der Waals surface area contributed by atoms with Crippen LogP contribution in [0, 0.1) is 11.3 Å². The Morgan fingerprint density at radius 1 is 1.19 bits per heavy atom. The molecule has 5 nitrogen and oxygen atoms in total. The lowest BCUT2D eigenvalue weighted by Crippen LogP contribution is -2.47. The van der Waals surface area contributed by atoms with Crippen molar-refractivity contribution in [3.05, 3.63) is 71.3 Å². The van der Waals surface area contributed by atoms with E-state index in [1.165, 1.54) is 5.56 Å². The van der Waals surface area contributed by atoms with Crippen molar-refractivity contribution in [1.82, 2.24) is 10.2 Å². The van der Waals surface area contributed by atoms with Gasteiger partial charge in [0.1, 0.15) is 0 Å². The van der Waals surface area contributed by atoms with Gasteiger partial charge >= 0.3 is 6.03 Å². The Balaban J connectivity index is 1.61. The fourth-order valence-corrected chi connectivity index (χ4v) is 3.14. The molecule has 1 saturated heterocycles. The molecular weight excluding hydrogens is 326 g/mol. The Morgan fingerprint density at radius 3 is 2.73 bits per heavy atom. The molecule has 1 heterocycles. The summed E-state index contributed by atoms with van der Waals surface area (Å²) in [6.45, 7) is 2.35. The van der Waals surface area contributed by atoms with Gasteiger partial charge in [-0.3, -0.25) is 0 Å². The molecule has 1 fully saturated rings. The second kappa shape index (κ2) is 9.02. The Labute approximate surface area is 154 Å². The number of urea groups is 1. The van der Waals surface area contributed by atoms with Gasteiger partial charge in [0, 0.05) is 19.7 Å². The fraction of sp³-hybridized carbons (Fsp3) is 0.333. The highest BCUT2D eigenvalue weighted by Gasteiger charge is 2.27. The number of nitrogens with one attached hydrogen (secondary N) is 1. The van der Waals surface area contributed by atoms with E-state index >= 15 is 0 Å². The summed E-state index contributed by atoms with van der Waals surface area (Å²) >= 11 is 0. The van der Waals surface area contributed by atoms with Crippen LogP contribution in [0.4, 0.5) is 4.79 Å². The molecule has 0 aromatic heterocycles. The summed E-state index contributed by atoms with van der Waals surface area (Å²) in [5.74, 6) is 0. The lowest BCUT2D eigenvalue weighted by Gasteiger charge is -2.28. The average Bonchev–Trinajstić information content (AvgIpc) is 3.22. The lowest BCUT2D eigenvalue weighted by molar-refractivity contribution is 0.147. The van der Waals surface area contributed by atoms with Gasteiger partial charge in [0.15, 0.2) is 0 Å². The highest BCUT2D eigenvalue weighted by Crippen LogP contribution is 2.14. The van der Waals surface area contributed by atoms with Crippen molar-refractivity contribution in [1.29, 1.82) is 5.26 Å². The zero-order chi connectivity index (χ0) is 18.2. The second-order valence-corrected chi connectivity index (χ2v) is 6.42. The number of nitriles is 1. The number of rotatable bonds is 6. The van der Waals surface area contributed by atoms with E-state index in [1.807, 2.05) is 35.2 Å². The lowest BCUT2D eigenvalue weighted by atomic mass is 10.1. The van der Waals surface area contributed by atoms with E-state index in [0.717, 1.165) is 18.4 Å². The molecule has 5 heteroatoms. The van der Waals surface area contributed by atoms with E-state index in [9.17, 15) is 4.79 Å². The van der Waals surface area contributed by atoms with Crippen LogP contribution in [0.5, 0.6) is 0 Å². The maximum Gasteiger partial charge on any atom is 0.318 e. The van der Waals surface area contributed by atoms with Gasteiger partial charge in [0.05, 0.1) is 24.3 Å². The van der Waals surface area contributed by atoms with E-state index in [1.54, 1.807) is 12.1 Å². The zero-order valence-corrected chi connectivity index (χ0v) is 14.7. The van der Waals surface area contributed by atoms with Crippen molar-refractivity contribution in [2.45, 2.75) is 25.4 Å². The van der Waals surface area contributed by atoms with Crippen LogP contribution >= 0.6 is 0 Å². The number of benzene rings is 2. The highest BCUT2D eigenvalue weighted by atomic mass is 16.5. The molecule has 1 N–H and O–H groups in total. The third-order valence-corrected chi connectivity index (χ3v) is 4.59. The molecule has 134 valence electrons. The molecule has 1 atom stereocenters. The molecule has 2 amide bonds. The first kappa shape index (κ1) is 18.0. The van der Waals surface area contributed by atoms with Crippen molar-refractivity contribution in [2.75, 3.05) is 19.8 Å². The van der Waals surface area contributed by atoms with E-state index in [4.69, 9.17) is 10.00 Å². The standard InChI is InChI=1S/C21H23N3O2/c22-14-18-7-4-8-19(13-18)15-23-21(25)24(20-10-12-26-16-20)11-9-17-5-2-1-3-6-17/h1-8,13,20H,9-12,15-16H2,(H,23,25)/t20-/m1/s1. The molecular formula is C21H23N3O2. The summed E-state index contributed by atoms with van der Waals surface area (Å²) < 4.78 is 5.48. The minimum atomic E-state index is -0.0845. The maximum atomic E-state index is 12.8. The SMILES string of the molecule is N#Cc1cccc(CNC(=O)N(CCc2ccccc2)[C@@H]2CCOC2)c1. The highest BCUT2D eigenvalue weighted by molar-refractivity contribution is 5.74. The molecule has 3 rings (SSSR count).